The number of halogens is 1. The number of pyridine rings is 1. The second-order valence-electron chi connectivity index (χ2n) is 6.44. The molecule has 2 aromatic rings. The minimum absolute atomic E-state index is 0.0848. The fraction of sp³-hybridized carbons (Fsp3) is 0.444. The van der Waals surface area contributed by atoms with Gasteiger partial charge in [0.15, 0.2) is 0 Å². The van der Waals surface area contributed by atoms with Crippen LogP contribution in [0.3, 0.4) is 0 Å². The van der Waals surface area contributed by atoms with E-state index in [0.29, 0.717) is 37.0 Å². The van der Waals surface area contributed by atoms with Crippen LogP contribution in [0.25, 0.3) is 10.8 Å². The molecule has 1 atom stereocenters. The van der Waals surface area contributed by atoms with Crippen LogP contribution in [0.15, 0.2) is 35.5 Å². The van der Waals surface area contributed by atoms with Crippen molar-refractivity contribution in [1.82, 2.24) is 14.6 Å². The molecule has 1 N–H and O–H groups in total. The number of sulfonamides is 1. The Morgan fingerprint density at radius 2 is 2.18 bits per heavy atom. The first-order valence-electron chi connectivity index (χ1n) is 8.82. The largest absolute Gasteiger partial charge is 0.382 e. The summed E-state index contributed by atoms with van der Waals surface area (Å²) in [7, 11) is -2.21. The number of rotatable bonds is 8. The van der Waals surface area contributed by atoms with Crippen molar-refractivity contribution in [3.05, 3.63) is 35.6 Å². The molecular weight excluding hydrogens is 406 g/mol. The number of nitrogens with one attached hydrogen (secondary N) is 1. The van der Waals surface area contributed by atoms with E-state index in [9.17, 15) is 13.2 Å². The van der Waals surface area contributed by atoms with Gasteiger partial charge in [0.1, 0.15) is 6.61 Å². The molecular formula is C18H22ClN3O5S. The first-order chi connectivity index (χ1) is 13.4. The van der Waals surface area contributed by atoms with Crippen LogP contribution in [0.5, 0.6) is 0 Å². The van der Waals surface area contributed by atoms with Gasteiger partial charge in [-0.3, -0.25) is 9.78 Å². The molecule has 1 aliphatic heterocycles. The molecule has 0 saturated carbocycles. The number of hydrogen-bond donors (Lipinski definition) is 1. The van der Waals surface area contributed by atoms with Crippen LogP contribution in [0, 0.1) is 0 Å². The Kier molecular flexibility index (Phi) is 6.84. The number of ether oxygens (including phenoxy) is 2. The quantitative estimate of drug-likeness (QED) is 0.640. The molecule has 0 radical (unpaired) electrons. The molecule has 10 heteroatoms. The van der Waals surface area contributed by atoms with Gasteiger partial charge in [0.2, 0.25) is 15.9 Å². The number of aromatic nitrogens is 1. The van der Waals surface area contributed by atoms with Crippen LogP contribution in [-0.4, -0.2) is 69.7 Å². The minimum atomic E-state index is -3.76. The first kappa shape index (κ1) is 20.9. The molecule has 2 heterocycles. The maximum atomic E-state index is 13.2. The molecule has 28 heavy (non-hydrogen) atoms. The summed E-state index contributed by atoms with van der Waals surface area (Å²) in [6.07, 6.45) is 3.54. The summed E-state index contributed by atoms with van der Waals surface area (Å²) in [5.74, 6) is -0.278. The molecule has 1 amide bonds. The van der Waals surface area contributed by atoms with Crippen molar-refractivity contribution in [2.24, 2.45) is 0 Å². The third kappa shape index (κ3) is 4.61. The third-order valence-electron chi connectivity index (χ3n) is 4.50. The lowest BCUT2D eigenvalue weighted by Gasteiger charge is -2.18. The zero-order chi connectivity index (χ0) is 20.1. The van der Waals surface area contributed by atoms with E-state index in [1.165, 1.54) is 10.5 Å². The molecule has 0 unspecified atom stereocenters. The number of benzene rings is 1. The van der Waals surface area contributed by atoms with Gasteiger partial charge in [-0.1, -0.05) is 23.7 Å². The maximum absolute atomic E-state index is 13.2. The Morgan fingerprint density at radius 3 is 2.96 bits per heavy atom. The van der Waals surface area contributed by atoms with E-state index in [1.807, 2.05) is 0 Å². The number of carbonyl (C=O) groups is 1. The zero-order valence-corrected chi connectivity index (χ0v) is 17.0. The summed E-state index contributed by atoms with van der Waals surface area (Å²) < 4.78 is 37.7. The van der Waals surface area contributed by atoms with Crippen molar-refractivity contribution in [3.8, 4) is 0 Å². The molecule has 1 aromatic carbocycles. The molecule has 1 fully saturated rings. The van der Waals surface area contributed by atoms with Gasteiger partial charge in [-0.15, -0.1) is 0 Å². The molecule has 1 aliphatic rings. The summed E-state index contributed by atoms with van der Waals surface area (Å²) in [6.45, 7) is 1.16. The van der Waals surface area contributed by atoms with Gasteiger partial charge in [0.25, 0.3) is 0 Å². The van der Waals surface area contributed by atoms with Gasteiger partial charge in [-0.2, -0.15) is 4.31 Å². The summed E-state index contributed by atoms with van der Waals surface area (Å²) >= 11 is 6.22. The zero-order valence-electron chi connectivity index (χ0n) is 15.4. The van der Waals surface area contributed by atoms with Gasteiger partial charge in [-0.25, -0.2) is 8.42 Å². The van der Waals surface area contributed by atoms with E-state index in [2.05, 4.69) is 10.3 Å². The summed E-state index contributed by atoms with van der Waals surface area (Å²) in [4.78, 5) is 16.1. The average molecular weight is 428 g/mol. The Labute approximate surface area is 168 Å². The molecule has 0 spiro atoms. The van der Waals surface area contributed by atoms with E-state index >= 15 is 0 Å². The van der Waals surface area contributed by atoms with Gasteiger partial charge < -0.3 is 14.8 Å². The first-order valence-corrected chi connectivity index (χ1v) is 10.6. The van der Waals surface area contributed by atoms with Gasteiger partial charge >= 0.3 is 0 Å². The topological polar surface area (TPSA) is 97.8 Å². The van der Waals surface area contributed by atoms with Crippen molar-refractivity contribution < 1.29 is 22.7 Å². The van der Waals surface area contributed by atoms with E-state index in [0.717, 1.165) is 0 Å². The average Bonchev–Trinajstić information content (AvgIpc) is 3.14. The Balaban J connectivity index is 1.69. The normalized spacial score (nSPS) is 17.9. The lowest BCUT2D eigenvalue weighted by molar-refractivity contribution is -0.126. The van der Waals surface area contributed by atoms with Gasteiger partial charge in [0, 0.05) is 49.4 Å². The molecule has 152 valence electrons. The minimum Gasteiger partial charge on any atom is -0.382 e. The highest BCUT2D eigenvalue weighted by molar-refractivity contribution is 7.89. The summed E-state index contributed by atoms with van der Waals surface area (Å²) in [5, 5.41) is 4.21. The summed E-state index contributed by atoms with van der Waals surface area (Å²) in [5.41, 5.74) is 0. The van der Waals surface area contributed by atoms with E-state index in [4.69, 9.17) is 21.1 Å². The molecule has 1 saturated heterocycles. The van der Waals surface area contributed by atoms with Gasteiger partial charge in [0.05, 0.1) is 23.1 Å². The lowest BCUT2D eigenvalue weighted by Crippen LogP contribution is -2.40. The molecule has 8 nitrogen and oxygen atoms in total. The van der Waals surface area contributed by atoms with Crippen LogP contribution in [0.1, 0.15) is 6.42 Å². The number of hydrogen-bond acceptors (Lipinski definition) is 6. The SMILES string of the molecule is COCCOCC(=O)N[C@@H]1CCN(S(=O)(=O)c2cccc3cncc(Cl)c23)C1. The van der Waals surface area contributed by atoms with Crippen molar-refractivity contribution in [2.45, 2.75) is 17.4 Å². The van der Waals surface area contributed by atoms with Crippen molar-refractivity contribution >= 4 is 38.3 Å². The highest BCUT2D eigenvalue weighted by Gasteiger charge is 2.34. The molecule has 3 rings (SSSR count). The number of amides is 1. The van der Waals surface area contributed by atoms with Crippen molar-refractivity contribution in [1.29, 1.82) is 0 Å². The van der Waals surface area contributed by atoms with E-state index < -0.39 is 10.0 Å². The number of methoxy groups -OCH3 is 1. The Bertz CT molecular complexity index is 948. The molecule has 0 aliphatic carbocycles. The van der Waals surface area contributed by atoms with Gasteiger partial charge in [-0.05, 0) is 12.5 Å². The third-order valence-corrected chi connectivity index (χ3v) is 6.69. The van der Waals surface area contributed by atoms with Crippen LogP contribution in [-0.2, 0) is 24.3 Å². The summed E-state index contributed by atoms with van der Waals surface area (Å²) in [6, 6.07) is 4.71. The van der Waals surface area contributed by atoms with Crippen LogP contribution >= 0.6 is 11.6 Å². The Morgan fingerprint density at radius 1 is 1.36 bits per heavy atom. The maximum Gasteiger partial charge on any atom is 0.246 e. The van der Waals surface area contributed by atoms with E-state index in [-0.39, 0.29) is 35.0 Å². The highest BCUT2D eigenvalue weighted by Crippen LogP contribution is 2.32. The second-order valence-corrected chi connectivity index (χ2v) is 8.75. The van der Waals surface area contributed by atoms with E-state index in [1.54, 1.807) is 31.5 Å². The highest BCUT2D eigenvalue weighted by atomic mass is 35.5. The Hall–Kier alpha value is -1.78. The molecule has 0 bridgehead atoms. The van der Waals surface area contributed by atoms with Crippen LogP contribution in [0.4, 0.5) is 0 Å². The number of nitrogens with zero attached hydrogens (tertiary/aromatic N) is 2. The molecule has 1 aromatic heterocycles. The van der Waals surface area contributed by atoms with Crippen molar-refractivity contribution in [3.63, 3.8) is 0 Å². The fourth-order valence-corrected chi connectivity index (χ4v) is 5.21. The number of carbonyl (C=O) groups excluding carboxylic acids is 1. The monoisotopic (exact) mass is 427 g/mol. The predicted molar refractivity (Wildman–Crippen MR) is 105 cm³/mol. The number of fused-ring (bicyclic) bond motifs is 1. The predicted octanol–water partition coefficient (Wildman–Crippen LogP) is 1.43. The lowest BCUT2D eigenvalue weighted by atomic mass is 10.2. The van der Waals surface area contributed by atoms with Crippen molar-refractivity contribution in [2.75, 3.05) is 40.0 Å². The second kappa shape index (κ2) is 9.15. The standard InChI is InChI=1S/C18H22ClN3O5S/c1-26-7-8-27-12-17(23)21-14-5-6-22(11-14)28(24,25)16-4-2-3-13-9-20-10-15(19)18(13)16/h2-4,9-10,14H,5-8,11-12H2,1H3,(H,21,23)/t14-/m1/s1. The van der Waals surface area contributed by atoms with Crippen LogP contribution < -0.4 is 5.32 Å². The van der Waals surface area contributed by atoms with Crippen LogP contribution in [0.2, 0.25) is 5.02 Å². The fourth-order valence-electron chi connectivity index (χ4n) is 3.15. The smallest absolute Gasteiger partial charge is 0.246 e.